The van der Waals surface area contributed by atoms with Gasteiger partial charge in [0.15, 0.2) is 0 Å². The lowest BCUT2D eigenvalue weighted by molar-refractivity contribution is -0.168. The Hall–Kier alpha value is -0.730. The number of alkyl halides is 4. The van der Waals surface area contributed by atoms with Crippen LogP contribution in [0.15, 0.2) is 0 Å². The summed E-state index contributed by atoms with van der Waals surface area (Å²) in [4.78, 5) is 5.49. The summed E-state index contributed by atoms with van der Waals surface area (Å²) >= 11 is 1.40. The number of fused-ring (bicyclic) bond motifs is 1. The third kappa shape index (κ3) is 3.48. The lowest BCUT2D eigenvalue weighted by Gasteiger charge is -2.19. The molecule has 0 fully saturated rings. The Bertz CT molecular complexity index is 453. The number of aromatic nitrogens is 1. The Kier molecular flexibility index (Phi) is 4.98. The van der Waals surface area contributed by atoms with E-state index in [0.717, 1.165) is 29.8 Å². The highest BCUT2D eigenvalue weighted by Crippen LogP contribution is 2.33. The van der Waals surface area contributed by atoms with Crippen LogP contribution < -0.4 is 5.32 Å². The van der Waals surface area contributed by atoms with Gasteiger partial charge in [-0.1, -0.05) is 0 Å². The van der Waals surface area contributed by atoms with Gasteiger partial charge in [0.25, 0.3) is 0 Å². The minimum atomic E-state index is -4.11. The molecule has 1 unspecified atom stereocenters. The Balaban J connectivity index is 1.93. The summed E-state index contributed by atoms with van der Waals surface area (Å²) in [5.74, 6) is -4.11. The number of hydrogen-bond acceptors (Lipinski definition) is 4. The molecule has 1 aliphatic carbocycles. The molecule has 1 atom stereocenters. The molecule has 1 N–H and O–H groups in total. The molecule has 3 nitrogen and oxygen atoms in total. The van der Waals surface area contributed by atoms with Crippen LogP contribution in [0.25, 0.3) is 0 Å². The lowest BCUT2D eigenvalue weighted by Crippen LogP contribution is -2.32. The summed E-state index contributed by atoms with van der Waals surface area (Å²) in [6.45, 7) is -1.44. The predicted octanol–water partition coefficient (Wildman–Crippen LogP) is 3.16. The van der Waals surface area contributed by atoms with Gasteiger partial charge >= 0.3 is 12.3 Å². The fourth-order valence-corrected chi connectivity index (χ4v) is 3.26. The second-order valence-electron chi connectivity index (χ2n) is 4.70. The first-order valence-electron chi connectivity index (χ1n) is 6.33. The number of halogens is 4. The Morgan fingerprint density at radius 3 is 2.90 bits per heavy atom. The van der Waals surface area contributed by atoms with E-state index in [1.54, 1.807) is 0 Å². The molecule has 0 amide bonds. The van der Waals surface area contributed by atoms with Crippen molar-refractivity contribution in [3.05, 3.63) is 15.6 Å². The molecule has 2 rings (SSSR count). The van der Waals surface area contributed by atoms with Crippen LogP contribution in [0.2, 0.25) is 0 Å². The van der Waals surface area contributed by atoms with E-state index in [2.05, 4.69) is 15.0 Å². The van der Waals surface area contributed by atoms with Crippen molar-refractivity contribution in [2.75, 3.05) is 13.7 Å². The van der Waals surface area contributed by atoms with Crippen molar-refractivity contribution >= 4 is 11.3 Å². The number of hydrogen-bond donors (Lipinski definition) is 1. The van der Waals surface area contributed by atoms with Gasteiger partial charge in [0.2, 0.25) is 0 Å². The molecule has 0 saturated heterocycles. The van der Waals surface area contributed by atoms with E-state index < -0.39 is 19.0 Å². The van der Waals surface area contributed by atoms with Crippen molar-refractivity contribution in [3.63, 3.8) is 0 Å². The maximum Gasteiger partial charge on any atom is 0.330 e. The topological polar surface area (TPSA) is 34.1 Å². The first-order chi connectivity index (χ1) is 9.44. The van der Waals surface area contributed by atoms with Crippen LogP contribution in [0.5, 0.6) is 0 Å². The van der Waals surface area contributed by atoms with Crippen LogP contribution >= 0.6 is 11.3 Å². The first kappa shape index (κ1) is 15.7. The molecule has 1 heterocycles. The van der Waals surface area contributed by atoms with Crippen molar-refractivity contribution in [3.8, 4) is 0 Å². The second kappa shape index (κ2) is 6.36. The van der Waals surface area contributed by atoms with Crippen molar-refractivity contribution in [1.82, 2.24) is 10.3 Å². The van der Waals surface area contributed by atoms with E-state index in [1.807, 2.05) is 7.05 Å². The summed E-state index contributed by atoms with van der Waals surface area (Å²) in [7, 11) is 1.85. The number of nitrogens with one attached hydrogen (secondary N) is 1. The summed E-state index contributed by atoms with van der Waals surface area (Å²) in [5, 5.41) is 3.71. The number of thiazole rings is 1. The molecule has 0 bridgehead atoms. The Labute approximate surface area is 118 Å². The second-order valence-corrected chi connectivity index (χ2v) is 5.87. The maximum atomic E-state index is 12.7. The zero-order valence-corrected chi connectivity index (χ0v) is 11.8. The largest absolute Gasteiger partial charge is 0.368 e. The molecule has 0 saturated carbocycles. The Morgan fingerprint density at radius 2 is 2.25 bits per heavy atom. The molecule has 0 aliphatic heterocycles. The fraction of sp³-hybridized carbons (Fsp3) is 0.750. The molecule has 8 heteroatoms. The smallest absolute Gasteiger partial charge is 0.330 e. The van der Waals surface area contributed by atoms with Gasteiger partial charge in [-0.05, 0) is 26.3 Å². The number of aryl methyl sites for hydroxylation is 1. The maximum absolute atomic E-state index is 12.7. The zero-order valence-electron chi connectivity index (χ0n) is 11.0. The Morgan fingerprint density at radius 1 is 1.50 bits per heavy atom. The number of nitrogens with zero attached hydrogens (tertiary/aromatic N) is 1. The molecule has 1 aliphatic rings. The third-order valence-electron chi connectivity index (χ3n) is 3.19. The molecule has 0 aromatic carbocycles. The van der Waals surface area contributed by atoms with Crippen LogP contribution in [-0.4, -0.2) is 31.0 Å². The van der Waals surface area contributed by atoms with E-state index in [4.69, 9.17) is 0 Å². The highest BCUT2D eigenvalue weighted by Gasteiger charge is 2.41. The van der Waals surface area contributed by atoms with Crippen LogP contribution in [0.3, 0.4) is 0 Å². The lowest BCUT2D eigenvalue weighted by atomic mass is 9.98. The van der Waals surface area contributed by atoms with Crippen molar-refractivity contribution in [2.45, 2.75) is 44.3 Å². The van der Waals surface area contributed by atoms with Gasteiger partial charge in [-0.15, -0.1) is 11.3 Å². The van der Waals surface area contributed by atoms with Crippen LogP contribution in [0.1, 0.15) is 34.5 Å². The summed E-state index contributed by atoms with van der Waals surface area (Å²) in [6, 6.07) is 0.172. The fourth-order valence-electron chi connectivity index (χ4n) is 2.15. The first-order valence-corrected chi connectivity index (χ1v) is 7.15. The molecule has 1 aromatic heterocycles. The minimum Gasteiger partial charge on any atom is -0.368 e. The van der Waals surface area contributed by atoms with E-state index in [1.165, 1.54) is 11.3 Å². The van der Waals surface area contributed by atoms with Gasteiger partial charge in [0.1, 0.15) is 11.6 Å². The average molecular weight is 312 g/mol. The molecule has 0 spiro atoms. The summed E-state index contributed by atoms with van der Waals surface area (Å²) in [5.41, 5.74) is 0.933. The van der Waals surface area contributed by atoms with E-state index in [-0.39, 0.29) is 12.6 Å². The van der Waals surface area contributed by atoms with E-state index in [0.29, 0.717) is 5.01 Å². The van der Waals surface area contributed by atoms with Crippen molar-refractivity contribution < 1.29 is 22.3 Å². The van der Waals surface area contributed by atoms with Crippen LogP contribution in [-0.2, 0) is 17.8 Å². The van der Waals surface area contributed by atoms with Gasteiger partial charge in [-0.3, -0.25) is 0 Å². The van der Waals surface area contributed by atoms with Gasteiger partial charge < -0.3 is 10.1 Å². The van der Waals surface area contributed by atoms with E-state index in [9.17, 15) is 17.6 Å². The van der Waals surface area contributed by atoms with Crippen LogP contribution in [0.4, 0.5) is 17.6 Å². The highest BCUT2D eigenvalue weighted by molar-refractivity contribution is 7.11. The predicted molar refractivity (Wildman–Crippen MR) is 67.5 cm³/mol. The summed E-state index contributed by atoms with van der Waals surface area (Å²) < 4.78 is 54.0. The van der Waals surface area contributed by atoms with Gasteiger partial charge in [-0.25, -0.2) is 13.8 Å². The zero-order chi connectivity index (χ0) is 14.8. The van der Waals surface area contributed by atoms with E-state index >= 15 is 0 Å². The molecule has 20 heavy (non-hydrogen) atoms. The SMILES string of the molecule is CNC1CCCc2sc(COCC(F)(F)C(F)F)nc21. The number of rotatable bonds is 6. The highest BCUT2D eigenvalue weighted by atomic mass is 32.1. The third-order valence-corrected chi connectivity index (χ3v) is 4.29. The molecule has 1 aromatic rings. The van der Waals surface area contributed by atoms with Crippen molar-refractivity contribution in [1.29, 1.82) is 0 Å². The molecular formula is C12H16F4N2OS. The summed E-state index contributed by atoms with van der Waals surface area (Å²) in [6.07, 6.45) is -0.763. The number of ether oxygens (including phenoxy) is 1. The quantitative estimate of drug-likeness (QED) is 0.819. The van der Waals surface area contributed by atoms with Crippen molar-refractivity contribution in [2.24, 2.45) is 0 Å². The van der Waals surface area contributed by atoms with Crippen LogP contribution in [0, 0.1) is 0 Å². The molecule has 114 valence electrons. The van der Waals surface area contributed by atoms with Gasteiger partial charge in [-0.2, -0.15) is 8.78 Å². The molecule has 0 radical (unpaired) electrons. The average Bonchev–Trinajstić information content (AvgIpc) is 2.80. The monoisotopic (exact) mass is 312 g/mol. The normalized spacial score (nSPS) is 19.4. The van der Waals surface area contributed by atoms with Gasteiger partial charge in [0.05, 0.1) is 18.3 Å². The minimum absolute atomic E-state index is 0.156. The van der Waals surface area contributed by atoms with Gasteiger partial charge in [0, 0.05) is 4.88 Å². The molecular weight excluding hydrogens is 296 g/mol. The standard InChI is InChI=1S/C12H16F4N2OS/c1-17-7-3-2-4-8-10(7)18-9(20-8)5-19-6-12(15,16)11(13)14/h7,11,17H,2-6H2,1H3.